The molecule has 1 amide bonds. The Morgan fingerprint density at radius 1 is 1.03 bits per heavy atom. The van der Waals surface area contributed by atoms with Gasteiger partial charge >= 0.3 is 0 Å². The van der Waals surface area contributed by atoms with Crippen molar-refractivity contribution in [3.63, 3.8) is 0 Å². The Morgan fingerprint density at radius 3 is 2.22 bits per heavy atom. The average Bonchev–Trinajstić information content (AvgIpc) is 2.73. The lowest BCUT2D eigenvalue weighted by Crippen LogP contribution is -2.52. The summed E-state index contributed by atoms with van der Waals surface area (Å²) in [6.07, 6.45) is 1.15. The van der Waals surface area contributed by atoms with Crippen LogP contribution >= 0.6 is 0 Å². The SMILES string of the molecule is Cc1cccc(N2CCN(C(=O)CN(c3ccc(OC(C)C)cc3)S(C)(=O)=O)CC2)c1C. The maximum Gasteiger partial charge on any atom is 0.243 e. The van der Waals surface area contributed by atoms with Crippen LogP contribution in [0.2, 0.25) is 0 Å². The fraction of sp³-hybridized carbons (Fsp3) is 0.458. The molecule has 0 spiro atoms. The van der Waals surface area contributed by atoms with Crippen LogP contribution in [0, 0.1) is 13.8 Å². The minimum atomic E-state index is -3.62. The van der Waals surface area contributed by atoms with Gasteiger partial charge in [0.15, 0.2) is 0 Å². The molecule has 174 valence electrons. The van der Waals surface area contributed by atoms with Gasteiger partial charge in [0.1, 0.15) is 12.3 Å². The predicted molar refractivity (Wildman–Crippen MR) is 129 cm³/mol. The van der Waals surface area contributed by atoms with E-state index in [1.165, 1.54) is 16.8 Å². The van der Waals surface area contributed by atoms with Gasteiger partial charge in [0.05, 0.1) is 18.0 Å². The summed E-state index contributed by atoms with van der Waals surface area (Å²) in [6.45, 7) is 10.4. The third-order valence-corrected chi connectivity index (χ3v) is 6.87. The van der Waals surface area contributed by atoms with Crippen molar-refractivity contribution in [2.24, 2.45) is 0 Å². The zero-order valence-corrected chi connectivity index (χ0v) is 20.4. The maximum atomic E-state index is 13.0. The number of nitrogens with zero attached hydrogens (tertiary/aromatic N) is 3. The fourth-order valence-corrected chi connectivity index (χ4v) is 4.71. The number of benzene rings is 2. The molecule has 1 saturated heterocycles. The Hall–Kier alpha value is -2.74. The van der Waals surface area contributed by atoms with E-state index in [1.54, 1.807) is 29.2 Å². The van der Waals surface area contributed by atoms with E-state index < -0.39 is 10.0 Å². The number of hydrogen-bond donors (Lipinski definition) is 0. The summed E-state index contributed by atoms with van der Waals surface area (Å²) in [7, 11) is -3.62. The van der Waals surface area contributed by atoms with Gasteiger partial charge in [0, 0.05) is 31.9 Å². The monoisotopic (exact) mass is 459 g/mol. The van der Waals surface area contributed by atoms with Crippen LogP contribution in [-0.4, -0.2) is 64.3 Å². The van der Waals surface area contributed by atoms with Gasteiger partial charge in [-0.3, -0.25) is 9.10 Å². The second-order valence-corrected chi connectivity index (χ2v) is 10.4. The number of amides is 1. The summed E-state index contributed by atoms with van der Waals surface area (Å²) in [6, 6.07) is 13.0. The molecule has 0 radical (unpaired) electrons. The van der Waals surface area contributed by atoms with Gasteiger partial charge in [-0.1, -0.05) is 12.1 Å². The van der Waals surface area contributed by atoms with E-state index in [-0.39, 0.29) is 18.6 Å². The largest absolute Gasteiger partial charge is 0.491 e. The van der Waals surface area contributed by atoms with Gasteiger partial charge in [-0.2, -0.15) is 0 Å². The van der Waals surface area contributed by atoms with Gasteiger partial charge in [-0.05, 0) is 69.2 Å². The normalized spacial score (nSPS) is 14.6. The first-order chi connectivity index (χ1) is 15.1. The number of aryl methyl sites for hydroxylation is 1. The molecule has 0 unspecified atom stereocenters. The molecule has 8 heteroatoms. The molecule has 2 aromatic rings. The lowest BCUT2D eigenvalue weighted by atomic mass is 10.1. The highest BCUT2D eigenvalue weighted by molar-refractivity contribution is 7.92. The van der Waals surface area contributed by atoms with Crippen LogP contribution < -0.4 is 13.9 Å². The lowest BCUT2D eigenvalue weighted by Gasteiger charge is -2.37. The van der Waals surface area contributed by atoms with E-state index in [9.17, 15) is 13.2 Å². The van der Waals surface area contributed by atoms with Crippen LogP contribution in [0.15, 0.2) is 42.5 Å². The maximum absolute atomic E-state index is 13.0. The predicted octanol–water partition coefficient (Wildman–Crippen LogP) is 3.21. The van der Waals surface area contributed by atoms with Crippen LogP contribution in [-0.2, 0) is 14.8 Å². The Morgan fingerprint density at radius 2 is 1.66 bits per heavy atom. The Bertz CT molecular complexity index is 1040. The second-order valence-electron chi connectivity index (χ2n) is 8.52. The van der Waals surface area contributed by atoms with E-state index >= 15 is 0 Å². The van der Waals surface area contributed by atoms with Crippen molar-refractivity contribution in [1.82, 2.24) is 4.90 Å². The van der Waals surface area contributed by atoms with Crippen LogP contribution in [0.5, 0.6) is 5.75 Å². The first-order valence-electron chi connectivity index (χ1n) is 10.9. The summed E-state index contributed by atoms with van der Waals surface area (Å²) < 4.78 is 31.7. The molecule has 1 fully saturated rings. The van der Waals surface area contributed by atoms with E-state index in [2.05, 4.69) is 36.9 Å². The van der Waals surface area contributed by atoms with Crippen molar-refractivity contribution in [2.75, 3.05) is 48.2 Å². The van der Waals surface area contributed by atoms with E-state index in [1.807, 2.05) is 13.8 Å². The first-order valence-corrected chi connectivity index (χ1v) is 12.7. The highest BCUT2D eigenvalue weighted by Gasteiger charge is 2.27. The van der Waals surface area contributed by atoms with Crippen molar-refractivity contribution < 1.29 is 17.9 Å². The van der Waals surface area contributed by atoms with Crippen LogP contribution in [0.25, 0.3) is 0 Å². The van der Waals surface area contributed by atoms with Crippen LogP contribution in [0.1, 0.15) is 25.0 Å². The van der Waals surface area contributed by atoms with Crippen molar-refractivity contribution in [2.45, 2.75) is 33.8 Å². The average molecular weight is 460 g/mol. The van der Waals surface area contributed by atoms with E-state index in [0.29, 0.717) is 24.5 Å². The van der Waals surface area contributed by atoms with Crippen LogP contribution in [0.4, 0.5) is 11.4 Å². The minimum Gasteiger partial charge on any atom is -0.491 e. The molecule has 0 atom stereocenters. The third-order valence-electron chi connectivity index (χ3n) is 5.72. The molecular formula is C24H33N3O4S. The summed E-state index contributed by atoms with van der Waals surface area (Å²) in [5.74, 6) is 0.463. The molecule has 0 saturated carbocycles. The minimum absolute atomic E-state index is 0.0238. The Labute approximate surface area is 191 Å². The first kappa shape index (κ1) is 23.9. The number of carbonyl (C=O) groups is 1. The molecule has 3 rings (SSSR count). The summed E-state index contributed by atoms with van der Waals surface area (Å²) in [4.78, 5) is 17.0. The molecule has 7 nitrogen and oxygen atoms in total. The van der Waals surface area contributed by atoms with Crippen molar-refractivity contribution in [3.05, 3.63) is 53.6 Å². The number of anilines is 2. The summed E-state index contributed by atoms with van der Waals surface area (Å²) in [5, 5.41) is 0. The molecule has 1 heterocycles. The molecule has 32 heavy (non-hydrogen) atoms. The number of rotatable bonds is 7. The molecular weight excluding hydrogens is 426 g/mol. The van der Waals surface area contributed by atoms with Crippen molar-refractivity contribution in [3.8, 4) is 5.75 Å². The fourth-order valence-electron chi connectivity index (χ4n) is 3.86. The van der Waals surface area contributed by atoms with E-state index in [4.69, 9.17) is 4.74 Å². The quantitative estimate of drug-likeness (QED) is 0.636. The summed E-state index contributed by atoms with van der Waals surface area (Å²) >= 11 is 0. The van der Waals surface area contributed by atoms with E-state index in [0.717, 1.165) is 23.7 Å². The Kier molecular flexibility index (Phi) is 7.33. The zero-order chi connectivity index (χ0) is 23.5. The molecule has 1 aliphatic rings. The Balaban J connectivity index is 1.67. The highest BCUT2D eigenvalue weighted by atomic mass is 32.2. The lowest BCUT2D eigenvalue weighted by molar-refractivity contribution is -0.129. The topological polar surface area (TPSA) is 70.2 Å². The molecule has 1 aliphatic heterocycles. The zero-order valence-electron chi connectivity index (χ0n) is 19.5. The standard InChI is InChI=1S/C24H33N3O4S/c1-18(2)31-22-11-9-21(10-12-22)27(32(5,29)30)17-24(28)26-15-13-25(14-16-26)23-8-6-7-19(3)20(23)4/h6-12,18H,13-17H2,1-5H3. The molecule has 2 aromatic carbocycles. The molecule has 0 N–H and O–H groups in total. The molecule has 0 aromatic heterocycles. The number of hydrogen-bond acceptors (Lipinski definition) is 5. The molecule has 0 aliphatic carbocycles. The van der Waals surface area contributed by atoms with Gasteiger partial charge < -0.3 is 14.5 Å². The van der Waals surface area contributed by atoms with Crippen molar-refractivity contribution >= 4 is 27.3 Å². The van der Waals surface area contributed by atoms with Crippen LogP contribution in [0.3, 0.4) is 0 Å². The number of sulfonamides is 1. The van der Waals surface area contributed by atoms with Gasteiger partial charge in [0.25, 0.3) is 0 Å². The summed E-state index contributed by atoms with van der Waals surface area (Å²) in [5.41, 5.74) is 4.14. The highest BCUT2D eigenvalue weighted by Crippen LogP contribution is 2.25. The van der Waals surface area contributed by atoms with Gasteiger partial charge in [-0.25, -0.2) is 8.42 Å². The number of piperazine rings is 1. The smallest absolute Gasteiger partial charge is 0.243 e. The van der Waals surface area contributed by atoms with Crippen molar-refractivity contribution in [1.29, 1.82) is 0 Å². The molecule has 0 bridgehead atoms. The van der Waals surface area contributed by atoms with Gasteiger partial charge in [0.2, 0.25) is 15.9 Å². The number of carbonyl (C=O) groups excluding carboxylic acids is 1. The second kappa shape index (κ2) is 9.81. The van der Waals surface area contributed by atoms with Gasteiger partial charge in [-0.15, -0.1) is 0 Å². The number of ether oxygens (including phenoxy) is 1. The third kappa shape index (κ3) is 5.73.